The molecule has 2 rings (SSSR count). The van der Waals surface area contributed by atoms with Crippen LogP contribution >= 0.6 is 22.6 Å². The third kappa shape index (κ3) is 3.07. The third-order valence-electron chi connectivity index (χ3n) is 2.54. The first-order chi connectivity index (χ1) is 7.75. The van der Waals surface area contributed by atoms with Crippen LogP contribution in [0.1, 0.15) is 24.8 Å². The van der Waals surface area contributed by atoms with Gasteiger partial charge in [-0.15, -0.1) is 0 Å². The molecule has 0 atom stereocenters. The van der Waals surface area contributed by atoms with Crippen molar-refractivity contribution in [1.82, 2.24) is 0 Å². The van der Waals surface area contributed by atoms with E-state index in [0.717, 1.165) is 18.6 Å². The Balaban J connectivity index is 1.97. The minimum Gasteiger partial charge on any atom is -0.493 e. The average molecular weight is 328 g/mol. The quantitative estimate of drug-likeness (QED) is 0.795. The van der Waals surface area contributed by atoms with Crippen molar-refractivity contribution >= 4 is 28.4 Å². The highest BCUT2D eigenvalue weighted by atomic mass is 127. The second kappa shape index (κ2) is 5.48. The van der Waals surface area contributed by atoms with Crippen molar-refractivity contribution in [1.29, 1.82) is 0 Å². The maximum atomic E-state index is 11.2. The van der Waals surface area contributed by atoms with Crippen molar-refractivity contribution in [3.63, 3.8) is 0 Å². The third-order valence-corrected chi connectivity index (χ3v) is 3.59. The summed E-state index contributed by atoms with van der Waals surface area (Å²) in [7, 11) is 0. The molecule has 0 spiro atoms. The largest absolute Gasteiger partial charge is 0.493 e. The van der Waals surface area contributed by atoms with E-state index < -0.39 is 0 Å². The Labute approximate surface area is 109 Å². The normalized spacial score (nSPS) is 15.8. The van der Waals surface area contributed by atoms with Crippen LogP contribution in [0.5, 0.6) is 0 Å². The predicted molar refractivity (Wildman–Crippen MR) is 70.9 cm³/mol. The topological polar surface area (TPSA) is 26.3 Å². The second-order valence-corrected chi connectivity index (χ2v) is 4.97. The Bertz CT molecular complexity index is 424. The number of halogens is 1. The van der Waals surface area contributed by atoms with Gasteiger partial charge in [0.25, 0.3) is 0 Å². The van der Waals surface area contributed by atoms with Gasteiger partial charge in [-0.1, -0.05) is 18.2 Å². The van der Waals surface area contributed by atoms with E-state index in [1.807, 2.05) is 18.2 Å². The molecule has 0 aromatic heterocycles. The van der Waals surface area contributed by atoms with Crippen LogP contribution in [0.2, 0.25) is 0 Å². The van der Waals surface area contributed by atoms with Crippen LogP contribution in [0.3, 0.4) is 0 Å². The summed E-state index contributed by atoms with van der Waals surface area (Å²) in [4.78, 5) is 11.2. The van der Waals surface area contributed by atoms with Crippen molar-refractivity contribution in [3.8, 4) is 0 Å². The summed E-state index contributed by atoms with van der Waals surface area (Å²) < 4.78 is 6.85. The van der Waals surface area contributed by atoms with E-state index in [1.54, 1.807) is 6.08 Å². The molecule has 0 heterocycles. The first-order valence-electron chi connectivity index (χ1n) is 5.35. The number of carbonyl (C=O) groups excluding carboxylic acids is 1. The number of benzene rings is 1. The van der Waals surface area contributed by atoms with Gasteiger partial charge in [0.15, 0.2) is 5.78 Å². The Morgan fingerprint density at radius 2 is 2.06 bits per heavy atom. The summed E-state index contributed by atoms with van der Waals surface area (Å²) in [6.07, 6.45) is 4.10. The Morgan fingerprint density at radius 1 is 1.25 bits per heavy atom. The van der Waals surface area contributed by atoms with Gasteiger partial charge in [-0.05, 0) is 35.1 Å². The SMILES string of the molecule is O=C1C=C(OCc2ccccc2I)CCC1. The van der Waals surface area contributed by atoms with Gasteiger partial charge in [0.1, 0.15) is 6.61 Å². The molecule has 16 heavy (non-hydrogen) atoms. The summed E-state index contributed by atoms with van der Waals surface area (Å²) in [5.41, 5.74) is 1.17. The Hall–Kier alpha value is -0.840. The van der Waals surface area contributed by atoms with E-state index in [-0.39, 0.29) is 5.78 Å². The molecule has 1 aromatic rings. The van der Waals surface area contributed by atoms with E-state index in [2.05, 4.69) is 28.7 Å². The Kier molecular flexibility index (Phi) is 3.98. The van der Waals surface area contributed by atoms with E-state index in [0.29, 0.717) is 13.0 Å². The van der Waals surface area contributed by atoms with Crippen LogP contribution in [-0.4, -0.2) is 5.78 Å². The number of carbonyl (C=O) groups is 1. The molecule has 0 bridgehead atoms. The zero-order valence-electron chi connectivity index (χ0n) is 8.91. The van der Waals surface area contributed by atoms with Crippen molar-refractivity contribution in [2.45, 2.75) is 25.9 Å². The van der Waals surface area contributed by atoms with Gasteiger partial charge in [0, 0.05) is 28.1 Å². The van der Waals surface area contributed by atoms with Crippen LogP contribution in [0.25, 0.3) is 0 Å². The molecule has 2 nitrogen and oxygen atoms in total. The molecule has 1 aliphatic rings. The van der Waals surface area contributed by atoms with Crippen molar-refractivity contribution in [2.75, 3.05) is 0 Å². The molecular weight excluding hydrogens is 315 g/mol. The molecule has 0 saturated carbocycles. The lowest BCUT2D eigenvalue weighted by Crippen LogP contribution is -2.05. The molecule has 1 aromatic carbocycles. The molecule has 3 heteroatoms. The van der Waals surface area contributed by atoms with Crippen molar-refractivity contribution in [2.24, 2.45) is 0 Å². The van der Waals surface area contributed by atoms with Gasteiger partial charge in [-0.2, -0.15) is 0 Å². The van der Waals surface area contributed by atoms with Gasteiger partial charge in [-0.3, -0.25) is 4.79 Å². The maximum Gasteiger partial charge on any atom is 0.159 e. The molecule has 0 saturated heterocycles. The molecular formula is C13H13IO2. The molecule has 0 N–H and O–H groups in total. The van der Waals surface area contributed by atoms with Gasteiger partial charge in [0.2, 0.25) is 0 Å². The lowest BCUT2D eigenvalue weighted by atomic mass is 10.1. The predicted octanol–water partition coefficient (Wildman–Crippen LogP) is 3.44. The fourth-order valence-electron chi connectivity index (χ4n) is 1.66. The zero-order valence-corrected chi connectivity index (χ0v) is 11.1. The minimum atomic E-state index is 0.184. The number of ether oxygens (including phenoxy) is 1. The molecule has 1 aliphatic carbocycles. The summed E-state index contributed by atoms with van der Waals surface area (Å²) in [6.45, 7) is 0.554. The summed E-state index contributed by atoms with van der Waals surface area (Å²) >= 11 is 2.29. The van der Waals surface area contributed by atoms with E-state index in [1.165, 1.54) is 9.13 Å². The van der Waals surface area contributed by atoms with Crippen LogP contribution < -0.4 is 0 Å². The van der Waals surface area contributed by atoms with Gasteiger partial charge in [0.05, 0.1) is 5.76 Å². The van der Waals surface area contributed by atoms with Gasteiger partial charge < -0.3 is 4.74 Å². The standard InChI is InChI=1S/C13H13IO2/c14-13-7-2-1-4-10(13)9-16-12-6-3-5-11(15)8-12/h1-2,4,7-8H,3,5-6,9H2. The van der Waals surface area contributed by atoms with Crippen LogP contribution in [0.15, 0.2) is 36.1 Å². The van der Waals surface area contributed by atoms with Crippen molar-refractivity contribution < 1.29 is 9.53 Å². The first kappa shape index (κ1) is 11.6. The van der Waals surface area contributed by atoms with Crippen LogP contribution in [-0.2, 0) is 16.1 Å². The highest BCUT2D eigenvalue weighted by molar-refractivity contribution is 14.1. The molecule has 84 valence electrons. The lowest BCUT2D eigenvalue weighted by molar-refractivity contribution is -0.115. The van der Waals surface area contributed by atoms with Crippen LogP contribution in [0, 0.1) is 3.57 Å². The molecule has 0 unspecified atom stereocenters. The number of ketones is 1. The number of hydrogen-bond donors (Lipinski definition) is 0. The van der Waals surface area contributed by atoms with Gasteiger partial charge in [-0.25, -0.2) is 0 Å². The Morgan fingerprint density at radius 3 is 2.81 bits per heavy atom. The maximum absolute atomic E-state index is 11.2. The molecule has 0 aliphatic heterocycles. The fourth-order valence-corrected chi connectivity index (χ4v) is 2.20. The van der Waals surface area contributed by atoms with Crippen molar-refractivity contribution in [3.05, 3.63) is 45.2 Å². The summed E-state index contributed by atoms with van der Waals surface area (Å²) in [6, 6.07) is 8.11. The zero-order chi connectivity index (χ0) is 11.4. The average Bonchev–Trinajstić information content (AvgIpc) is 2.28. The lowest BCUT2D eigenvalue weighted by Gasteiger charge is -2.14. The number of hydrogen-bond acceptors (Lipinski definition) is 2. The molecule has 0 radical (unpaired) electrons. The van der Waals surface area contributed by atoms with E-state index >= 15 is 0 Å². The molecule has 0 fully saturated rings. The smallest absolute Gasteiger partial charge is 0.159 e. The fraction of sp³-hybridized carbons (Fsp3) is 0.308. The van der Waals surface area contributed by atoms with Gasteiger partial charge >= 0.3 is 0 Å². The number of rotatable bonds is 3. The van der Waals surface area contributed by atoms with Crippen LogP contribution in [0.4, 0.5) is 0 Å². The van der Waals surface area contributed by atoms with E-state index in [4.69, 9.17) is 4.74 Å². The van der Waals surface area contributed by atoms with E-state index in [9.17, 15) is 4.79 Å². The monoisotopic (exact) mass is 328 g/mol. The summed E-state index contributed by atoms with van der Waals surface area (Å²) in [5.74, 6) is 1.01. The first-order valence-corrected chi connectivity index (χ1v) is 6.43. The highest BCUT2D eigenvalue weighted by Gasteiger charge is 2.11. The highest BCUT2D eigenvalue weighted by Crippen LogP contribution is 2.19. The minimum absolute atomic E-state index is 0.184. The summed E-state index contributed by atoms with van der Waals surface area (Å²) in [5, 5.41) is 0. The molecule has 0 amide bonds. The number of allylic oxidation sites excluding steroid dienone is 2. The second-order valence-electron chi connectivity index (χ2n) is 3.81.